The summed E-state index contributed by atoms with van der Waals surface area (Å²) < 4.78 is 28.2. The number of morpholine rings is 1. The lowest BCUT2D eigenvalue weighted by molar-refractivity contribution is -0.0518. The first-order chi connectivity index (χ1) is 12.2. The van der Waals surface area contributed by atoms with E-state index in [1.165, 1.54) is 5.56 Å². The molecule has 1 unspecified atom stereocenters. The number of benzene rings is 1. The van der Waals surface area contributed by atoms with E-state index in [4.69, 9.17) is 23.4 Å². The number of hydrogen-bond acceptors (Lipinski definition) is 6. The third-order valence-electron chi connectivity index (χ3n) is 4.60. The topological polar surface area (TPSA) is 53.3 Å². The van der Waals surface area contributed by atoms with Crippen molar-refractivity contribution in [2.45, 2.75) is 26.5 Å². The second-order valence-corrected chi connectivity index (χ2v) is 6.51. The summed E-state index contributed by atoms with van der Waals surface area (Å²) in [6.07, 6.45) is 0.0383. The van der Waals surface area contributed by atoms with Gasteiger partial charge < -0.3 is 23.4 Å². The summed E-state index contributed by atoms with van der Waals surface area (Å²) in [5.41, 5.74) is 1.20. The van der Waals surface area contributed by atoms with Crippen molar-refractivity contribution in [1.29, 1.82) is 0 Å². The minimum absolute atomic E-state index is 0.0383. The Balaban J connectivity index is 1.30. The average Bonchev–Trinajstić information content (AvgIpc) is 3.19. The van der Waals surface area contributed by atoms with Crippen molar-refractivity contribution in [3.63, 3.8) is 0 Å². The molecule has 0 amide bonds. The Morgan fingerprint density at radius 2 is 2.04 bits per heavy atom. The zero-order valence-electron chi connectivity index (χ0n) is 14.6. The molecule has 1 atom stereocenters. The highest BCUT2D eigenvalue weighted by molar-refractivity contribution is 5.46. The number of ether oxygens (including phenoxy) is 4. The SMILES string of the molecule is Cc1cc(CN2CCOC(COc3ccc4c(c3)OCO4)C2)oc1C. The first-order valence-corrected chi connectivity index (χ1v) is 8.60. The Kier molecular flexibility index (Phi) is 4.55. The summed E-state index contributed by atoms with van der Waals surface area (Å²) in [5.74, 6) is 4.25. The van der Waals surface area contributed by atoms with Gasteiger partial charge in [-0.3, -0.25) is 4.90 Å². The van der Waals surface area contributed by atoms with Crippen molar-refractivity contribution < 1.29 is 23.4 Å². The van der Waals surface area contributed by atoms with Crippen LogP contribution in [0.3, 0.4) is 0 Å². The fourth-order valence-electron chi connectivity index (χ4n) is 3.13. The summed E-state index contributed by atoms with van der Waals surface area (Å²) in [6, 6.07) is 7.73. The van der Waals surface area contributed by atoms with E-state index >= 15 is 0 Å². The van der Waals surface area contributed by atoms with Crippen LogP contribution in [0.2, 0.25) is 0 Å². The highest BCUT2D eigenvalue weighted by atomic mass is 16.7. The molecule has 3 heterocycles. The molecule has 4 rings (SSSR count). The third-order valence-corrected chi connectivity index (χ3v) is 4.60. The molecule has 2 aliphatic heterocycles. The second-order valence-electron chi connectivity index (χ2n) is 6.51. The van der Waals surface area contributed by atoms with E-state index in [0.29, 0.717) is 13.2 Å². The molecule has 25 heavy (non-hydrogen) atoms. The summed E-state index contributed by atoms with van der Waals surface area (Å²) in [4.78, 5) is 2.34. The van der Waals surface area contributed by atoms with Gasteiger partial charge in [0.25, 0.3) is 0 Å². The molecule has 0 radical (unpaired) electrons. The van der Waals surface area contributed by atoms with Crippen molar-refractivity contribution in [3.05, 3.63) is 41.3 Å². The molecule has 6 heteroatoms. The largest absolute Gasteiger partial charge is 0.491 e. The van der Waals surface area contributed by atoms with Gasteiger partial charge in [-0.05, 0) is 37.6 Å². The first-order valence-electron chi connectivity index (χ1n) is 8.60. The lowest BCUT2D eigenvalue weighted by Crippen LogP contribution is -2.44. The first kappa shape index (κ1) is 16.3. The number of nitrogens with zero attached hydrogens (tertiary/aromatic N) is 1. The maximum atomic E-state index is 5.88. The molecule has 0 bridgehead atoms. The van der Waals surface area contributed by atoms with E-state index in [-0.39, 0.29) is 12.9 Å². The fraction of sp³-hybridized carbons (Fsp3) is 0.474. The predicted molar refractivity (Wildman–Crippen MR) is 91.3 cm³/mol. The molecule has 1 aromatic carbocycles. The van der Waals surface area contributed by atoms with Crippen LogP contribution in [-0.2, 0) is 11.3 Å². The van der Waals surface area contributed by atoms with Crippen LogP contribution in [0.25, 0.3) is 0 Å². The molecule has 1 fully saturated rings. The van der Waals surface area contributed by atoms with E-state index in [2.05, 4.69) is 17.9 Å². The molecule has 2 aromatic rings. The van der Waals surface area contributed by atoms with Crippen LogP contribution >= 0.6 is 0 Å². The molecule has 0 aliphatic carbocycles. The fourth-order valence-corrected chi connectivity index (χ4v) is 3.13. The van der Waals surface area contributed by atoms with Crippen LogP contribution in [0.15, 0.2) is 28.7 Å². The molecule has 1 aromatic heterocycles. The van der Waals surface area contributed by atoms with Gasteiger partial charge in [0, 0.05) is 19.2 Å². The van der Waals surface area contributed by atoms with Crippen molar-refractivity contribution >= 4 is 0 Å². The lowest BCUT2D eigenvalue weighted by Gasteiger charge is -2.32. The molecule has 0 spiro atoms. The van der Waals surface area contributed by atoms with Crippen molar-refractivity contribution in [1.82, 2.24) is 4.90 Å². The Morgan fingerprint density at radius 1 is 1.16 bits per heavy atom. The van der Waals surface area contributed by atoms with Gasteiger partial charge in [-0.2, -0.15) is 0 Å². The zero-order valence-corrected chi connectivity index (χ0v) is 14.6. The molecule has 0 saturated carbocycles. The van der Waals surface area contributed by atoms with Gasteiger partial charge in [-0.1, -0.05) is 0 Å². The summed E-state index contributed by atoms with van der Waals surface area (Å²) in [6.45, 7) is 8.08. The predicted octanol–water partition coefficient (Wildman–Crippen LogP) is 2.90. The molecule has 0 N–H and O–H groups in total. The molecule has 2 aliphatic rings. The van der Waals surface area contributed by atoms with E-state index in [9.17, 15) is 0 Å². The Morgan fingerprint density at radius 3 is 2.88 bits per heavy atom. The van der Waals surface area contributed by atoms with E-state index in [0.717, 1.165) is 48.4 Å². The number of fused-ring (bicyclic) bond motifs is 1. The van der Waals surface area contributed by atoms with E-state index < -0.39 is 0 Å². The van der Waals surface area contributed by atoms with E-state index in [1.54, 1.807) is 0 Å². The summed E-state index contributed by atoms with van der Waals surface area (Å²) in [5, 5.41) is 0. The minimum atomic E-state index is 0.0383. The molecular formula is C19H23NO5. The van der Waals surface area contributed by atoms with Crippen LogP contribution in [0.5, 0.6) is 17.2 Å². The van der Waals surface area contributed by atoms with Gasteiger partial charge in [0.2, 0.25) is 6.79 Å². The van der Waals surface area contributed by atoms with Crippen LogP contribution in [0.4, 0.5) is 0 Å². The molecule has 134 valence electrons. The minimum Gasteiger partial charge on any atom is -0.491 e. The van der Waals surface area contributed by atoms with Gasteiger partial charge in [-0.25, -0.2) is 0 Å². The Labute approximate surface area is 147 Å². The van der Waals surface area contributed by atoms with Gasteiger partial charge in [0.1, 0.15) is 30.0 Å². The molecular weight excluding hydrogens is 322 g/mol. The maximum Gasteiger partial charge on any atom is 0.231 e. The third kappa shape index (κ3) is 3.75. The quantitative estimate of drug-likeness (QED) is 0.831. The van der Waals surface area contributed by atoms with Gasteiger partial charge in [0.05, 0.1) is 13.2 Å². The highest BCUT2D eigenvalue weighted by Crippen LogP contribution is 2.35. The van der Waals surface area contributed by atoms with Gasteiger partial charge in [0.15, 0.2) is 11.5 Å². The average molecular weight is 345 g/mol. The number of aryl methyl sites for hydroxylation is 2. The summed E-state index contributed by atoms with van der Waals surface area (Å²) in [7, 11) is 0. The van der Waals surface area contributed by atoms with Crippen LogP contribution in [0.1, 0.15) is 17.1 Å². The number of hydrogen-bond donors (Lipinski definition) is 0. The Bertz CT molecular complexity index is 722. The smallest absolute Gasteiger partial charge is 0.231 e. The highest BCUT2D eigenvalue weighted by Gasteiger charge is 2.23. The monoisotopic (exact) mass is 345 g/mol. The number of rotatable bonds is 5. The maximum absolute atomic E-state index is 5.88. The summed E-state index contributed by atoms with van der Waals surface area (Å²) >= 11 is 0. The van der Waals surface area contributed by atoms with Crippen LogP contribution < -0.4 is 14.2 Å². The standard InChI is InChI=1S/C19H23NO5/c1-13-7-16(25-14(13)2)9-20-5-6-21-17(10-20)11-22-15-3-4-18-19(8-15)24-12-23-18/h3-4,7-8,17H,5-6,9-12H2,1-2H3. The second kappa shape index (κ2) is 6.98. The van der Waals surface area contributed by atoms with Crippen molar-refractivity contribution in [2.75, 3.05) is 33.1 Å². The van der Waals surface area contributed by atoms with Crippen LogP contribution in [0, 0.1) is 13.8 Å². The van der Waals surface area contributed by atoms with Gasteiger partial charge in [-0.15, -0.1) is 0 Å². The van der Waals surface area contributed by atoms with Crippen molar-refractivity contribution in [2.24, 2.45) is 0 Å². The molecule has 6 nitrogen and oxygen atoms in total. The van der Waals surface area contributed by atoms with E-state index in [1.807, 2.05) is 25.1 Å². The van der Waals surface area contributed by atoms with Crippen molar-refractivity contribution in [3.8, 4) is 17.2 Å². The van der Waals surface area contributed by atoms with Crippen LogP contribution in [-0.4, -0.2) is 44.1 Å². The molecule has 1 saturated heterocycles. The van der Waals surface area contributed by atoms with Gasteiger partial charge >= 0.3 is 0 Å². The normalized spacial score (nSPS) is 20.0. The zero-order chi connectivity index (χ0) is 17.2. The Hall–Kier alpha value is -2.18. The lowest BCUT2D eigenvalue weighted by atomic mass is 10.2. The number of furan rings is 1.